The van der Waals surface area contributed by atoms with Gasteiger partial charge in [-0.1, -0.05) is 66.5 Å². The van der Waals surface area contributed by atoms with Crippen LogP contribution in [0.2, 0.25) is 15.1 Å². The van der Waals surface area contributed by atoms with Gasteiger partial charge in [0.05, 0.1) is 27.0 Å². The molecule has 0 bridgehead atoms. The lowest BCUT2D eigenvalue weighted by Gasteiger charge is -2.32. The maximum atomic E-state index is 14.0. The van der Waals surface area contributed by atoms with Crippen molar-refractivity contribution in [3.63, 3.8) is 0 Å². The molecule has 2 aromatic carbocycles. The summed E-state index contributed by atoms with van der Waals surface area (Å²) in [5, 5.41) is 13.7. The Bertz CT molecular complexity index is 1360. The van der Waals surface area contributed by atoms with Crippen LogP contribution in [0.3, 0.4) is 0 Å². The lowest BCUT2D eigenvalue weighted by molar-refractivity contribution is 0.282. The molecule has 6 nitrogen and oxygen atoms in total. The number of hydrogen-bond donors (Lipinski definition) is 0. The highest BCUT2D eigenvalue weighted by atomic mass is 35.5. The summed E-state index contributed by atoms with van der Waals surface area (Å²) in [6, 6.07) is 10.4. The number of amidine groups is 1. The maximum absolute atomic E-state index is 14.0. The molecule has 0 spiro atoms. The van der Waals surface area contributed by atoms with E-state index < -0.39 is 11.2 Å². The molecular weight excluding hydrogens is 554 g/mol. The Hall–Kier alpha value is -2.13. The zero-order valence-corrected chi connectivity index (χ0v) is 23.5. The summed E-state index contributed by atoms with van der Waals surface area (Å²) in [5.74, 6) is 1.98. The number of benzene rings is 2. The molecule has 37 heavy (non-hydrogen) atoms. The van der Waals surface area contributed by atoms with Gasteiger partial charge in [-0.25, -0.2) is 9.37 Å². The van der Waals surface area contributed by atoms with E-state index >= 15 is 0 Å². The average molecular weight is 580 g/mol. The van der Waals surface area contributed by atoms with Crippen molar-refractivity contribution in [2.45, 2.75) is 37.3 Å². The minimum absolute atomic E-state index is 0.0705. The number of imidazole rings is 1. The van der Waals surface area contributed by atoms with Crippen LogP contribution in [-0.2, 0) is 5.41 Å². The summed E-state index contributed by atoms with van der Waals surface area (Å²) in [6.07, 6.45) is 4.02. The van der Waals surface area contributed by atoms with Gasteiger partial charge in [0, 0.05) is 29.9 Å². The van der Waals surface area contributed by atoms with Crippen LogP contribution in [-0.4, -0.2) is 45.7 Å². The zero-order valence-electron chi connectivity index (χ0n) is 20.5. The van der Waals surface area contributed by atoms with Crippen LogP contribution in [0.5, 0.6) is 0 Å². The average Bonchev–Trinajstić information content (AvgIpc) is 3.57. The van der Waals surface area contributed by atoms with E-state index in [1.807, 2.05) is 18.3 Å². The van der Waals surface area contributed by atoms with E-state index in [0.29, 0.717) is 22.5 Å². The van der Waals surface area contributed by atoms with E-state index in [9.17, 15) is 4.39 Å². The smallest absolute Gasteiger partial charge is 0.172 e. The van der Waals surface area contributed by atoms with Crippen molar-refractivity contribution < 1.29 is 4.39 Å². The molecular formula is C26H26Cl3FN6S. The molecule has 2 aliphatic rings. The van der Waals surface area contributed by atoms with E-state index in [1.165, 1.54) is 6.07 Å². The summed E-state index contributed by atoms with van der Waals surface area (Å²) in [6.45, 7) is 6.70. The first-order valence-electron chi connectivity index (χ1n) is 12.0. The molecule has 11 heteroatoms. The molecule has 0 radical (unpaired) electrons. The predicted octanol–water partition coefficient (Wildman–Crippen LogP) is 7.88. The molecule has 0 N–H and O–H groups in total. The number of halogens is 4. The Morgan fingerprint density at radius 2 is 1.81 bits per heavy atom. The van der Waals surface area contributed by atoms with E-state index in [-0.39, 0.29) is 5.02 Å². The third-order valence-electron chi connectivity index (χ3n) is 7.04. The molecule has 0 amide bonds. The number of rotatable bonds is 6. The molecule has 0 atom stereocenters. The molecule has 2 aliphatic heterocycles. The Kier molecular flexibility index (Phi) is 7.82. The summed E-state index contributed by atoms with van der Waals surface area (Å²) in [4.78, 5) is 7.09. The predicted molar refractivity (Wildman–Crippen MR) is 149 cm³/mol. The van der Waals surface area contributed by atoms with Crippen molar-refractivity contribution in [2.24, 2.45) is 21.4 Å². The second kappa shape index (κ2) is 10.9. The molecule has 5 rings (SSSR count). The van der Waals surface area contributed by atoms with Gasteiger partial charge in [0.1, 0.15) is 12.4 Å². The molecule has 194 valence electrons. The van der Waals surface area contributed by atoms with Crippen molar-refractivity contribution in [1.29, 1.82) is 0 Å². The number of hydrogen-bond acceptors (Lipinski definition) is 6. The highest BCUT2D eigenvalue weighted by Gasteiger charge is 2.31. The van der Waals surface area contributed by atoms with Crippen molar-refractivity contribution in [2.75, 3.05) is 25.4 Å². The van der Waals surface area contributed by atoms with Crippen molar-refractivity contribution in [1.82, 2.24) is 14.5 Å². The van der Waals surface area contributed by atoms with Gasteiger partial charge < -0.3 is 4.90 Å². The van der Waals surface area contributed by atoms with Crippen LogP contribution in [0, 0.1) is 11.7 Å². The van der Waals surface area contributed by atoms with Gasteiger partial charge in [-0.15, -0.1) is 5.10 Å². The zero-order chi connectivity index (χ0) is 26.2. The molecule has 3 heterocycles. The van der Waals surface area contributed by atoms with E-state index in [1.54, 1.807) is 30.0 Å². The van der Waals surface area contributed by atoms with Gasteiger partial charge in [-0.2, -0.15) is 5.11 Å². The van der Waals surface area contributed by atoms with Crippen molar-refractivity contribution in [3.05, 3.63) is 74.7 Å². The standard InChI is InChI=1S/C26H26Cl3FN6S/c1-26(2,17-3-5-19(27)20(28)11-17)23-13-31-25(36(23)18-4-6-22(30)21(29)12-18)37-15-16-7-9-35(10-8-16)24-14-32-34-33-24/h3-6,11-13,16H,7-10,14-15H2,1-2H3. The second-order valence-electron chi connectivity index (χ2n) is 9.76. The summed E-state index contributed by atoms with van der Waals surface area (Å²) < 4.78 is 16.1. The van der Waals surface area contributed by atoms with Crippen LogP contribution in [0.25, 0.3) is 5.69 Å². The third kappa shape index (κ3) is 5.53. The van der Waals surface area contributed by atoms with Gasteiger partial charge in [-0.05, 0) is 59.9 Å². The Balaban J connectivity index is 1.41. The van der Waals surface area contributed by atoms with Gasteiger partial charge in [0.15, 0.2) is 11.0 Å². The fourth-order valence-electron chi connectivity index (χ4n) is 4.71. The van der Waals surface area contributed by atoms with Crippen LogP contribution >= 0.6 is 46.6 Å². The van der Waals surface area contributed by atoms with Gasteiger partial charge >= 0.3 is 0 Å². The number of likely N-dealkylation sites (tertiary alicyclic amines) is 1. The minimum Gasteiger partial charge on any atom is -0.357 e. The van der Waals surface area contributed by atoms with Crippen LogP contribution in [0.1, 0.15) is 37.9 Å². The Labute approximate surface area is 234 Å². The van der Waals surface area contributed by atoms with Crippen molar-refractivity contribution in [3.8, 4) is 5.69 Å². The molecule has 0 aliphatic carbocycles. The summed E-state index contributed by atoms with van der Waals surface area (Å²) >= 11 is 20.4. The van der Waals surface area contributed by atoms with Crippen LogP contribution in [0.4, 0.5) is 4.39 Å². The first-order valence-corrected chi connectivity index (χ1v) is 14.2. The van der Waals surface area contributed by atoms with Gasteiger partial charge in [0.25, 0.3) is 0 Å². The third-order valence-corrected chi connectivity index (χ3v) is 9.25. The van der Waals surface area contributed by atoms with E-state index in [4.69, 9.17) is 39.8 Å². The van der Waals surface area contributed by atoms with Gasteiger partial charge in [-0.3, -0.25) is 4.57 Å². The van der Waals surface area contributed by atoms with Gasteiger partial charge in [0.2, 0.25) is 0 Å². The molecule has 1 fully saturated rings. The number of piperidine rings is 1. The molecule has 3 aromatic rings. The Morgan fingerprint density at radius 3 is 2.49 bits per heavy atom. The second-order valence-corrected chi connectivity index (χ2v) is 12.0. The highest BCUT2D eigenvalue weighted by Crippen LogP contribution is 2.39. The summed E-state index contributed by atoms with van der Waals surface area (Å²) in [7, 11) is 0. The number of thioether (sulfide) groups is 1. The molecule has 1 aromatic heterocycles. The molecule has 0 unspecified atom stereocenters. The largest absolute Gasteiger partial charge is 0.357 e. The number of nitrogens with zero attached hydrogens (tertiary/aromatic N) is 6. The summed E-state index contributed by atoms with van der Waals surface area (Å²) in [5.41, 5.74) is 2.23. The molecule has 0 saturated carbocycles. The maximum Gasteiger partial charge on any atom is 0.172 e. The fraction of sp³-hybridized carbons (Fsp3) is 0.385. The SMILES string of the molecule is CC(C)(c1ccc(Cl)c(Cl)c1)c1cnc(SCC2CCN(C3=NN=NC3)CC2)n1-c1ccc(F)c(Cl)c1. The fourth-order valence-corrected chi connectivity index (χ4v) is 6.36. The highest BCUT2D eigenvalue weighted by molar-refractivity contribution is 7.99. The number of aromatic nitrogens is 2. The first-order chi connectivity index (χ1) is 17.7. The molecule has 1 saturated heterocycles. The first kappa shape index (κ1) is 26.5. The quantitative estimate of drug-likeness (QED) is 0.279. The lowest BCUT2D eigenvalue weighted by atomic mass is 9.81. The van der Waals surface area contributed by atoms with E-state index in [2.05, 4.69) is 38.8 Å². The normalized spacial score (nSPS) is 16.5. The minimum atomic E-state index is -0.468. The lowest BCUT2D eigenvalue weighted by Crippen LogP contribution is -2.39. The van der Waals surface area contributed by atoms with Crippen molar-refractivity contribution >= 4 is 52.4 Å². The Morgan fingerprint density at radius 1 is 1.03 bits per heavy atom. The van der Waals surface area contributed by atoms with Crippen LogP contribution < -0.4 is 0 Å². The topological polar surface area (TPSA) is 58.1 Å². The van der Waals surface area contributed by atoms with E-state index in [0.717, 1.165) is 59.6 Å². The monoisotopic (exact) mass is 578 g/mol. The van der Waals surface area contributed by atoms with Crippen LogP contribution in [0.15, 0.2) is 63.2 Å².